The molecule has 0 aromatic heterocycles. The van der Waals surface area contributed by atoms with Gasteiger partial charge in [0.1, 0.15) is 23.7 Å². The molecule has 0 aliphatic rings. The van der Waals surface area contributed by atoms with Crippen LogP contribution in [0.2, 0.25) is 0 Å². The smallest absolute Gasteiger partial charge is 0.408 e. The zero-order valence-electron chi connectivity index (χ0n) is 24.5. The standard InChI is InChI=1S/C29H47N3O6S/c1-8-9-16-37-27(35)24(18-20(2)3)31-25(33)22(15-17-39-7)30-26(34)23(19-21-13-11-10-12-14-21)32-28(36)38-29(4,5)6/h10-14,20,22-24H,8-9,15-19H2,1-7H3,(H,30,34)(H,31,33)(H,32,36)/t22-,23-,24-/m0/s1. The molecule has 0 radical (unpaired) electrons. The van der Waals surface area contributed by atoms with E-state index in [0.717, 1.165) is 18.4 Å². The Bertz CT molecular complexity index is 904. The van der Waals surface area contributed by atoms with Gasteiger partial charge >= 0.3 is 12.1 Å². The van der Waals surface area contributed by atoms with Crippen molar-refractivity contribution in [3.8, 4) is 0 Å². The number of carbonyl (C=O) groups is 4. The summed E-state index contributed by atoms with van der Waals surface area (Å²) in [6.07, 6.45) is 3.79. The van der Waals surface area contributed by atoms with Crippen molar-refractivity contribution in [1.29, 1.82) is 0 Å². The minimum Gasteiger partial charge on any atom is -0.464 e. The van der Waals surface area contributed by atoms with E-state index in [1.807, 2.05) is 57.4 Å². The minimum absolute atomic E-state index is 0.140. The summed E-state index contributed by atoms with van der Waals surface area (Å²) in [6.45, 7) is 11.4. The highest BCUT2D eigenvalue weighted by Gasteiger charge is 2.31. The first-order valence-electron chi connectivity index (χ1n) is 13.7. The van der Waals surface area contributed by atoms with Gasteiger partial charge in [0, 0.05) is 6.42 Å². The van der Waals surface area contributed by atoms with Gasteiger partial charge in [-0.3, -0.25) is 9.59 Å². The molecule has 0 aliphatic heterocycles. The average molecular weight is 566 g/mol. The van der Waals surface area contributed by atoms with Crippen molar-refractivity contribution >= 4 is 35.6 Å². The van der Waals surface area contributed by atoms with Gasteiger partial charge in [0.25, 0.3) is 0 Å². The van der Waals surface area contributed by atoms with Gasteiger partial charge in [-0.25, -0.2) is 9.59 Å². The van der Waals surface area contributed by atoms with Crippen LogP contribution in [0.15, 0.2) is 30.3 Å². The van der Waals surface area contributed by atoms with E-state index in [9.17, 15) is 19.2 Å². The normalized spacial score (nSPS) is 13.6. The van der Waals surface area contributed by atoms with Crippen LogP contribution in [0.5, 0.6) is 0 Å². The second kappa shape index (κ2) is 17.8. The van der Waals surface area contributed by atoms with Crippen LogP contribution in [0, 0.1) is 5.92 Å². The number of alkyl carbamates (subject to hydrolysis) is 1. The molecule has 3 N–H and O–H groups in total. The molecule has 0 spiro atoms. The molecule has 0 unspecified atom stereocenters. The van der Waals surface area contributed by atoms with Crippen LogP contribution >= 0.6 is 11.8 Å². The van der Waals surface area contributed by atoms with Gasteiger partial charge < -0.3 is 25.4 Å². The van der Waals surface area contributed by atoms with Crippen molar-refractivity contribution < 1.29 is 28.7 Å². The molecule has 0 fully saturated rings. The highest BCUT2D eigenvalue weighted by molar-refractivity contribution is 7.98. The molecule has 3 amide bonds. The van der Waals surface area contributed by atoms with Crippen LogP contribution in [0.3, 0.4) is 0 Å². The molecule has 0 saturated carbocycles. The minimum atomic E-state index is -0.975. The fourth-order valence-corrected chi connectivity index (χ4v) is 4.13. The molecule has 0 heterocycles. The highest BCUT2D eigenvalue weighted by Crippen LogP contribution is 2.11. The maximum atomic E-state index is 13.4. The zero-order chi connectivity index (χ0) is 29.4. The molecule has 3 atom stereocenters. The molecule has 0 aliphatic carbocycles. The molecule has 10 heteroatoms. The fourth-order valence-electron chi connectivity index (χ4n) is 3.66. The van der Waals surface area contributed by atoms with Gasteiger partial charge in [0.05, 0.1) is 6.61 Å². The summed E-state index contributed by atoms with van der Waals surface area (Å²) in [4.78, 5) is 52.0. The van der Waals surface area contributed by atoms with Crippen molar-refractivity contribution in [1.82, 2.24) is 16.0 Å². The predicted molar refractivity (Wildman–Crippen MR) is 155 cm³/mol. The van der Waals surface area contributed by atoms with E-state index in [-0.39, 0.29) is 12.3 Å². The first-order chi connectivity index (χ1) is 18.4. The van der Waals surface area contributed by atoms with Gasteiger partial charge in [-0.2, -0.15) is 11.8 Å². The summed E-state index contributed by atoms with van der Waals surface area (Å²) in [5, 5.41) is 8.26. The first-order valence-corrected chi connectivity index (χ1v) is 15.0. The quantitative estimate of drug-likeness (QED) is 0.202. The molecule has 220 valence electrons. The van der Waals surface area contributed by atoms with Crippen LogP contribution in [-0.4, -0.2) is 66.2 Å². The lowest BCUT2D eigenvalue weighted by Crippen LogP contribution is -2.57. The Morgan fingerprint density at radius 1 is 0.923 bits per heavy atom. The highest BCUT2D eigenvalue weighted by atomic mass is 32.2. The van der Waals surface area contributed by atoms with Gasteiger partial charge in [0.2, 0.25) is 11.8 Å². The summed E-state index contributed by atoms with van der Waals surface area (Å²) in [6, 6.07) is 6.58. The summed E-state index contributed by atoms with van der Waals surface area (Å²) in [7, 11) is 0. The molecule has 0 bridgehead atoms. The number of thioether (sulfide) groups is 1. The average Bonchev–Trinajstić information content (AvgIpc) is 2.84. The number of carbonyl (C=O) groups excluding carboxylic acids is 4. The summed E-state index contributed by atoms with van der Waals surface area (Å²) < 4.78 is 10.7. The van der Waals surface area contributed by atoms with Crippen molar-refractivity contribution in [3.63, 3.8) is 0 Å². The molecule has 1 aromatic rings. The molecule has 1 rings (SSSR count). The second-order valence-corrected chi connectivity index (χ2v) is 11.9. The monoisotopic (exact) mass is 565 g/mol. The number of nitrogens with one attached hydrogen (secondary N) is 3. The second-order valence-electron chi connectivity index (χ2n) is 10.9. The van der Waals surface area contributed by atoms with E-state index >= 15 is 0 Å². The largest absolute Gasteiger partial charge is 0.464 e. The van der Waals surface area contributed by atoms with E-state index in [0.29, 0.717) is 25.2 Å². The number of hydrogen-bond donors (Lipinski definition) is 3. The molecule has 0 saturated heterocycles. The van der Waals surface area contributed by atoms with Crippen LogP contribution in [0.1, 0.15) is 72.8 Å². The lowest BCUT2D eigenvalue weighted by molar-refractivity contribution is -0.148. The molecule has 39 heavy (non-hydrogen) atoms. The van der Waals surface area contributed by atoms with Crippen LogP contribution in [0.25, 0.3) is 0 Å². The number of benzene rings is 1. The third-order valence-corrected chi connectivity index (χ3v) is 6.23. The summed E-state index contributed by atoms with van der Waals surface area (Å²) >= 11 is 1.54. The SMILES string of the molecule is CCCCOC(=O)[C@H](CC(C)C)NC(=O)[C@H](CCSC)NC(=O)[C@H](Cc1ccccc1)NC(=O)OC(C)(C)C. The number of hydrogen-bond acceptors (Lipinski definition) is 7. The zero-order valence-corrected chi connectivity index (χ0v) is 25.3. The Labute approximate surface area is 237 Å². The van der Waals surface area contributed by atoms with E-state index in [1.54, 1.807) is 20.8 Å². The Kier molecular flexibility index (Phi) is 15.6. The fraction of sp³-hybridized carbons (Fsp3) is 0.655. The van der Waals surface area contributed by atoms with Gasteiger partial charge in [-0.1, -0.05) is 57.5 Å². The lowest BCUT2D eigenvalue weighted by atomic mass is 10.0. The van der Waals surface area contributed by atoms with E-state index in [4.69, 9.17) is 9.47 Å². The third-order valence-electron chi connectivity index (χ3n) is 5.58. The molecular weight excluding hydrogens is 518 g/mol. The maximum Gasteiger partial charge on any atom is 0.408 e. The predicted octanol–water partition coefficient (Wildman–Crippen LogP) is 4.23. The number of unbranched alkanes of at least 4 members (excludes halogenated alkanes) is 1. The van der Waals surface area contributed by atoms with Crippen LogP contribution < -0.4 is 16.0 Å². The summed E-state index contributed by atoms with van der Waals surface area (Å²) in [5.41, 5.74) is 0.0983. The summed E-state index contributed by atoms with van der Waals surface area (Å²) in [5.74, 6) is -0.713. The van der Waals surface area contributed by atoms with Crippen LogP contribution in [-0.2, 0) is 30.3 Å². The topological polar surface area (TPSA) is 123 Å². The number of rotatable bonds is 16. The Balaban J connectivity index is 3.08. The van der Waals surface area contributed by atoms with Crippen molar-refractivity contribution in [3.05, 3.63) is 35.9 Å². The number of esters is 1. The maximum absolute atomic E-state index is 13.4. The van der Waals surface area contributed by atoms with E-state index in [1.165, 1.54) is 11.8 Å². The molecule has 9 nitrogen and oxygen atoms in total. The van der Waals surface area contributed by atoms with E-state index < -0.39 is 47.6 Å². The Morgan fingerprint density at radius 2 is 1.54 bits per heavy atom. The van der Waals surface area contributed by atoms with Crippen molar-refractivity contribution in [2.24, 2.45) is 5.92 Å². The number of ether oxygens (including phenoxy) is 2. The van der Waals surface area contributed by atoms with E-state index in [2.05, 4.69) is 16.0 Å². The van der Waals surface area contributed by atoms with Gasteiger partial charge in [0.15, 0.2) is 0 Å². The lowest BCUT2D eigenvalue weighted by Gasteiger charge is -2.26. The Hall–Kier alpha value is -2.75. The molecular formula is C29H47N3O6S. The number of amides is 3. The van der Waals surface area contributed by atoms with Crippen LogP contribution in [0.4, 0.5) is 4.79 Å². The third kappa shape index (κ3) is 14.8. The first kappa shape index (κ1) is 34.3. The Morgan fingerprint density at radius 3 is 2.10 bits per heavy atom. The van der Waals surface area contributed by atoms with Gasteiger partial charge in [-0.05, 0) is 63.5 Å². The van der Waals surface area contributed by atoms with Crippen molar-refractivity contribution in [2.45, 2.75) is 97.4 Å². The van der Waals surface area contributed by atoms with Gasteiger partial charge in [-0.15, -0.1) is 0 Å². The van der Waals surface area contributed by atoms with Crippen molar-refractivity contribution in [2.75, 3.05) is 18.6 Å². The molecule has 1 aromatic carbocycles.